The van der Waals surface area contributed by atoms with Crippen molar-refractivity contribution in [3.05, 3.63) is 46.4 Å². The molecule has 0 saturated heterocycles. The largest absolute Gasteiger partial charge is 0.328 e. The second-order valence-electron chi connectivity index (χ2n) is 3.61. The van der Waals surface area contributed by atoms with Gasteiger partial charge in [0.15, 0.2) is 0 Å². The Balaban J connectivity index is 0.00000242. The van der Waals surface area contributed by atoms with Crippen molar-refractivity contribution in [3.8, 4) is 0 Å². The first kappa shape index (κ1) is 7.90. The van der Waals surface area contributed by atoms with Gasteiger partial charge in [-0.25, -0.2) is 0 Å². The first-order chi connectivity index (χ1) is 9.63. The number of rotatable bonds is 3. The average molecular weight is 258 g/mol. The Kier molecular flexibility index (Phi) is 2.72. The van der Waals surface area contributed by atoms with Crippen molar-refractivity contribution >= 4 is 23.2 Å². The normalized spacial score (nSPS) is 18.1. The summed E-state index contributed by atoms with van der Waals surface area (Å²) in [6.45, 7) is -3.65. The highest BCUT2D eigenvalue weighted by atomic mass is 35.5. The fraction of sp³-hybridized carbons (Fsp3) is 0.308. The molecule has 1 heterocycles. The summed E-state index contributed by atoms with van der Waals surface area (Å²) in [5, 5.41) is 3.63. The molecule has 0 aliphatic heterocycles. The SMILES string of the molecule is Cl.[2H]C([2H])([2H])C([2H])([2H])N[C@H](C)c1c[nH]c(=O)c2ccccc12. The first-order valence-corrected chi connectivity index (χ1v) is 5.01. The van der Waals surface area contributed by atoms with E-state index in [0.29, 0.717) is 16.3 Å². The molecule has 92 valence electrons. The van der Waals surface area contributed by atoms with Gasteiger partial charge in [0.1, 0.15) is 0 Å². The smallest absolute Gasteiger partial charge is 0.255 e. The Morgan fingerprint density at radius 3 is 2.88 bits per heavy atom. The van der Waals surface area contributed by atoms with E-state index in [4.69, 9.17) is 6.85 Å². The van der Waals surface area contributed by atoms with E-state index >= 15 is 0 Å². The van der Waals surface area contributed by atoms with E-state index in [9.17, 15) is 4.79 Å². The van der Waals surface area contributed by atoms with Gasteiger partial charge in [-0.05, 0) is 30.4 Å². The minimum absolute atomic E-state index is 0. The zero-order chi connectivity index (χ0) is 15.8. The number of nitrogens with one attached hydrogen (secondary N) is 2. The van der Waals surface area contributed by atoms with Crippen molar-refractivity contribution in [1.82, 2.24) is 10.3 Å². The summed E-state index contributed by atoms with van der Waals surface area (Å²) < 4.78 is 36.9. The third kappa shape index (κ3) is 2.68. The number of halogens is 1. The van der Waals surface area contributed by atoms with Crippen molar-refractivity contribution < 1.29 is 6.85 Å². The van der Waals surface area contributed by atoms with Crippen LogP contribution < -0.4 is 10.9 Å². The quantitative estimate of drug-likeness (QED) is 0.888. The summed E-state index contributed by atoms with van der Waals surface area (Å²) in [6.07, 6.45) is 1.48. The van der Waals surface area contributed by atoms with Crippen molar-refractivity contribution in [2.75, 3.05) is 6.50 Å². The molecular weight excluding hydrogens is 236 g/mol. The van der Waals surface area contributed by atoms with Gasteiger partial charge in [0.05, 0.1) is 0 Å². The molecule has 0 fully saturated rings. The molecule has 0 spiro atoms. The summed E-state index contributed by atoms with van der Waals surface area (Å²) in [7, 11) is 0. The Labute approximate surface area is 114 Å². The number of hydrogen-bond acceptors (Lipinski definition) is 2. The molecule has 2 aromatic rings. The van der Waals surface area contributed by atoms with Gasteiger partial charge in [0.2, 0.25) is 0 Å². The molecule has 1 aromatic heterocycles. The molecule has 1 aromatic carbocycles. The van der Waals surface area contributed by atoms with E-state index in [0.717, 1.165) is 0 Å². The lowest BCUT2D eigenvalue weighted by Crippen LogP contribution is -2.19. The summed E-state index contributed by atoms with van der Waals surface area (Å²) in [5.74, 6) is 0. The number of aromatic amines is 1. The Hall–Kier alpha value is -1.32. The summed E-state index contributed by atoms with van der Waals surface area (Å²) in [5.41, 5.74) is 0.402. The maximum Gasteiger partial charge on any atom is 0.255 e. The topological polar surface area (TPSA) is 44.9 Å². The second kappa shape index (κ2) is 5.84. The summed E-state index contributed by atoms with van der Waals surface area (Å²) >= 11 is 0. The molecule has 1 atom stereocenters. The Bertz CT molecular complexity index is 713. The standard InChI is InChI=1S/C13H16N2O.ClH/c1-3-14-9(2)12-8-15-13(16)11-7-5-4-6-10(11)12;/h4-9,14H,3H2,1-2H3,(H,15,16);1H/t9-;/m1./s1/i1D3,3D2;. The van der Waals surface area contributed by atoms with Crippen LogP contribution in [0.5, 0.6) is 0 Å². The van der Waals surface area contributed by atoms with Crippen LogP contribution in [0.4, 0.5) is 0 Å². The minimum atomic E-state index is -2.78. The van der Waals surface area contributed by atoms with Crippen LogP contribution in [0.15, 0.2) is 35.3 Å². The van der Waals surface area contributed by atoms with Crippen LogP contribution in [0.1, 0.15) is 32.2 Å². The number of aromatic nitrogens is 1. The average Bonchev–Trinajstić information content (AvgIpc) is 2.37. The molecule has 3 nitrogen and oxygen atoms in total. The van der Waals surface area contributed by atoms with Gasteiger partial charge in [-0.3, -0.25) is 4.79 Å². The second-order valence-corrected chi connectivity index (χ2v) is 3.61. The van der Waals surface area contributed by atoms with Gasteiger partial charge in [-0.1, -0.05) is 25.1 Å². The molecule has 0 bridgehead atoms. The number of pyridine rings is 1. The van der Waals surface area contributed by atoms with Gasteiger partial charge >= 0.3 is 0 Å². The van der Waals surface area contributed by atoms with Crippen LogP contribution in [0.25, 0.3) is 10.8 Å². The number of hydrogen-bond donors (Lipinski definition) is 2. The van der Waals surface area contributed by atoms with Crippen molar-refractivity contribution in [1.29, 1.82) is 0 Å². The molecule has 0 unspecified atom stereocenters. The van der Waals surface area contributed by atoms with Crippen LogP contribution in [0, 0.1) is 0 Å². The number of H-pyrrole nitrogens is 1. The molecule has 0 aliphatic rings. The fourth-order valence-corrected chi connectivity index (χ4v) is 1.78. The van der Waals surface area contributed by atoms with Crippen molar-refractivity contribution in [2.45, 2.75) is 19.8 Å². The lowest BCUT2D eigenvalue weighted by atomic mass is 10.0. The van der Waals surface area contributed by atoms with Crippen molar-refractivity contribution in [2.24, 2.45) is 0 Å². The highest BCUT2D eigenvalue weighted by Crippen LogP contribution is 2.20. The van der Waals surface area contributed by atoms with E-state index in [1.807, 2.05) is 0 Å². The third-order valence-corrected chi connectivity index (χ3v) is 2.60. The van der Waals surface area contributed by atoms with Crippen LogP contribution in [0.3, 0.4) is 0 Å². The van der Waals surface area contributed by atoms with Gasteiger partial charge in [-0.15, -0.1) is 12.4 Å². The molecule has 2 N–H and O–H groups in total. The maximum atomic E-state index is 11.8. The molecule has 0 saturated carbocycles. The van der Waals surface area contributed by atoms with Gasteiger partial charge in [-0.2, -0.15) is 0 Å². The highest BCUT2D eigenvalue weighted by Gasteiger charge is 2.09. The molecule has 4 heteroatoms. The molecule has 0 aliphatic carbocycles. The van der Waals surface area contributed by atoms with Crippen LogP contribution in [-0.4, -0.2) is 11.5 Å². The number of benzene rings is 1. The fourth-order valence-electron chi connectivity index (χ4n) is 1.78. The van der Waals surface area contributed by atoms with E-state index in [1.54, 1.807) is 31.2 Å². The number of fused-ring (bicyclic) bond motifs is 1. The molecule has 17 heavy (non-hydrogen) atoms. The summed E-state index contributed by atoms with van der Waals surface area (Å²) in [4.78, 5) is 14.3. The highest BCUT2D eigenvalue weighted by molar-refractivity contribution is 5.85. The lowest BCUT2D eigenvalue weighted by Gasteiger charge is -2.14. The van der Waals surface area contributed by atoms with Gasteiger partial charge in [0.25, 0.3) is 5.56 Å². The van der Waals surface area contributed by atoms with E-state index in [1.165, 1.54) is 6.20 Å². The van der Waals surface area contributed by atoms with Gasteiger partial charge in [0, 0.05) is 24.5 Å². The lowest BCUT2D eigenvalue weighted by molar-refractivity contribution is 0.600. The third-order valence-electron chi connectivity index (χ3n) is 2.60. The van der Waals surface area contributed by atoms with E-state index < -0.39 is 19.4 Å². The molecule has 0 radical (unpaired) electrons. The predicted octanol–water partition coefficient (Wildman–Crippen LogP) is 2.62. The first-order valence-electron chi connectivity index (χ1n) is 7.51. The van der Waals surface area contributed by atoms with E-state index in [-0.39, 0.29) is 18.0 Å². The Morgan fingerprint density at radius 1 is 1.47 bits per heavy atom. The zero-order valence-corrected chi connectivity index (χ0v) is 10.1. The Morgan fingerprint density at radius 2 is 2.18 bits per heavy atom. The van der Waals surface area contributed by atoms with Crippen LogP contribution in [0.2, 0.25) is 0 Å². The summed E-state index contributed by atoms with van der Waals surface area (Å²) in [6, 6.07) is 6.35. The predicted molar refractivity (Wildman–Crippen MR) is 73.9 cm³/mol. The maximum absolute atomic E-state index is 11.8. The molecule has 2 rings (SSSR count). The molecular formula is C13H17ClN2O. The van der Waals surface area contributed by atoms with E-state index in [2.05, 4.69) is 10.3 Å². The minimum Gasteiger partial charge on any atom is -0.328 e. The van der Waals surface area contributed by atoms with Crippen LogP contribution >= 0.6 is 12.4 Å². The van der Waals surface area contributed by atoms with Crippen molar-refractivity contribution in [3.63, 3.8) is 0 Å². The van der Waals surface area contributed by atoms with Crippen LogP contribution in [-0.2, 0) is 0 Å². The monoisotopic (exact) mass is 257 g/mol. The zero-order valence-electron chi connectivity index (χ0n) is 14.3. The van der Waals surface area contributed by atoms with Gasteiger partial charge < -0.3 is 10.3 Å². The molecule has 0 amide bonds.